The Kier molecular flexibility index (Phi) is 4.14. The molecule has 0 aromatic carbocycles. The van der Waals surface area contributed by atoms with Gasteiger partial charge in [0, 0.05) is 19.4 Å². The summed E-state index contributed by atoms with van der Waals surface area (Å²) in [4.78, 5) is 16.8. The Hall–Kier alpha value is -2.22. The summed E-state index contributed by atoms with van der Waals surface area (Å²) in [7, 11) is 1.74. The third-order valence-electron chi connectivity index (χ3n) is 3.13. The Morgan fingerprint density at radius 3 is 2.60 bits per heavy atom. The molecule has 1 unspecified atom stereocenters. The van der Waals surface area contributed by atoms with Crippen LogP contribution in [0.2, 0.25) is 0 Å². The third kappa shape index (κ3) is 3.02. The molecule has 3 N–H and O–H groups in total. The van der Waals surface area contributed by atoms with E-state index in [2.05, 4.69) is 30.6 Å². The quantitative estimate of drug-likeness (QED) is 0.713. The lowest BCUT2D eigenvalue weighted by atomic mass is 10.0. The number of hydrogen-bond acceptors (Lipinski definition) is 7. The summed E-state index contributed by atoms with van der Waals surface area (Å²) < 4.78 is 1.69. The van der Waals surface area contributed by atoms with Crippen molar-refractivity contribution in [1.82, 2.24) is 24.5 Å². The van der Waals surface area contributed by atoms with Crippen LogP contribution in [0, 0.1) is 0 Å². The van der Waals surface area contributed by atoms with E-state index in [0.29, 0.717) is 17.8 Å². The minimum Gasteiger partial charge on any atom is -0.394 e. The minimum atomic E-state index is -0.474. The molecule has 0 radical (unpaired) electrons. The monoisotopic (exact) mass is 277 g/mol. The summed E-state index contributed by atoms with van der Waals surface area (Å²) in [6, 6.07) is 0. The van der Waals surface area contributed by atoms with Crippen molar-refractivity contribution in [3.8, 4) is 5.95 Å². The minimum absolute atomic E-state index is 0.00945. The topological polar surface area (TPSA) is 101 Å². The maximum absolute atomic E-state index is 9.46. The fourth-order valence-electron chi connectivity index (χ4n) is 1.53. The van der Waals surface area contributed by atoms with Crippen LogP contribution in [0.5, 0.6) is 0 Å². The van der Waals surface area contributed by atoms with E-state index in [-0.39, 0.29) is 6.61 Å². The molecule has 0 aliphatic rings. The summed E-state index contributed by atoms with van der Waals surface area (Å²) in [6.07, 6.45) is 5.76. The van der Waals surface area contributed by atoms with Crippen molar-refractivity contribution in [2.45, 2.75) is 25.8 Å². The third-order valence-corrected chi connectivity index (χ3v) is 3.13. The number of nitrogens with zero attached hydrogens (tertiary/aromatic N) is 5. The van der Waals surface area contributed by atoms with E-state index in [0.717, 1.165) is 6.42 Å². The number of imidazole rings is 1. The number of rotatable bonds is 6. The molecular formula is C12H19N7O. The second kappa shape index (κ2) is 5.83. The van der Waals surface area contributed by atoms with E-state index in [1.807, 2.05) is 13.8 Å². The molecule has 108 valence electrons. The van der Waals surface area contributed by atoms with E-state index in [1.165, 1.54) is 0 Å². The number of aliphatic hydroxyl groups excluding tert-OH is 1. The predicted octanol–water partition coefficient (Wildman–Crippen LogP) is 0.672. The molecule has 2 aromatic heterocycles. The average Bonchev–Trinajstić information content (AvgIpc) is 3.01. The normalized spacial score (nSPS) is 13.8. The van der Waals surface area contributed by atoms with Gasteiger partial charge in [-0.3, -0.25) is 4.57 Å². The maximum atomic E-state index is 9.46. The lowest BCUT2D eigenvalue weighted by Gasteiger charge is -2.27. The Balaban J connectivity index is 2.36. The molecule has 0 bridgehead atoms. The molecule has 20 heavy (non-hydrogen) atoms. The van der Waals surface area contributed by atoms with Crippen molar-refractivity contribution in [3.63, 3.8) is 0 Å². The molecule has 0 aliphatic heterocycles. The molecule has 8 nitrogen and oxygen atoms in total. The zero-order chi connectivity index (χ0) is 14.6. The summed E-state index contributed by atoms with van der Waals surface area (Å²) in [5.74, 6) is 1.31. The van der Waals surface area contributed by atoms with Crippen LogP contribution in [0.15, 0.2) is 18.7 Å². The van der Waals surface area contributed by atoms with Gasteiger partial charge in [0.05, 0.1) is 12.1 Å². The van der Waals surface area contributed by atoms with Crippen LogP contribution in [0.3, 0.4) is 0 Å². The lowest BCUT2D eigenvalue weighted by Crippen LogP contribution is -2.38. The van der Waals surface area contributed by atoms with Gasteiger partial charge in [-0.1, -0.05) is 6.92 Å². The summed E-state index contributed by atoms with van der Waals surface area (Å²) in [5.41, 5.74) is -0.474. The second-order valence-corrected chi connectivity index (χ2v) is 4.70. The van der Waals surface area contributed by atoms with Crippen molar-refractivity contribution in [1.29, 1.82) is 0 Å². The van der Waals surface area contributed by atoms with Crippen LogP contribution in [-0.2, 0) is 0 Å². The highest BCUT2D eigenvalue weighted by atomic mass is 16.3. The summed E-state index contributed by atoms with van der Waals surface area (Å²) in [6.45, 7) is 3.89. The molecule has 0 amide bonds. The SMILES string of the molecule is CCC(C)(CO)Nc1nc(NC)nc(-n2ccnc2)n1. The van der Waals surface area contributed by atoms with Crippen LogP contribution >= 0.6 is 0 Å². The molecule has 0 aliphatic carbocycles. The zero-order valence-electron chi connectivity index (χ0n) is 11.8. The smallest absolute Gasteiger partial charge is 0.241 e. The average molecular weight is 277 g/mol. The Labute approximate surface area is 117 Å². The lowest BCUT2D eigenvalue weighted by molar-refractivity contribution is 0.218. The van der Waals surface area contributed by atoms with Gasteiger partial charge in [-0.25, -0.2) is 4.98 Å². The van der Waals surface area contributed by atoms with E-state index in [4.69, 9.17) is 0 Å². The Morgan fingerprint density at radius 1 is 1.30 bits per heavy atom. The number of hydrogen-bond donors (Lipinski definition) is 3. The number of aliphatic hydroxyl groups is 1. The molecular weight excluding hydrogens is 258 g/mol. The molecule has 0 fully saturated rings. The Morgan fingerprint density at radius 2 is 2.05 bits per heavy atom. The van der Waals surface area contributed by atoms with Crippen LogP contribution < -0.4 is 10.6 Å². The van der Waals surface area contributed by atoms with Gasteiger partial charge in [0.25, 0.3) is 0 Å². The number of aromatic nitrogens is 5. The molecule has 8 heteroatoms. The van der Waals surface area contributed by atoms with E-state index >= 15 is 0 Å². The molecule has 0 saturated carbocycles. The van der Waals surface area contributed by atoms with Gasteiger partial charge in [-0.2, -0.15) is 15.0 Å². The van der Waals surface area contributed by atoms with Gasteiger partial charge in [0.15, 0.2) is 0 Å². The van der Waals surface area contributed by atoms with Gasteiger partial charge < -0.3 is 15.7 Å². The predicted molar refractivity (Wildman–Crippen MR) is 75.9 cm³/mol. The fourth-order valence-corrected chi connectivity index (χ4v) is 1.53. The first kappa shape index (κ1) is 14.2. The molecule has 2 aromatic rings. The highest BCUT2D eigenvalue weighted by molar-refractivity contribution is 5.39. The van der Waals surface area contributed by atoms with Gasteiger partial charge in [-0.15, -0.1) is 0 Å². The first-order valence-electron chi connectivity index (χ1n) is 6.41. The van der Waals surface area contributed by atoms with Gasteiger partial charge in [-0.05, 0) is 13.3 Å². The highest BCUT2D eigenvalue weighted by Gasteiger charge is 2.22. The summed E-state index contributed by atoms with van der Waals surface area (Å²) in [5, 5.41) is 15.5. The van der Waals surface area contributed by atoms with Crippen LogP contribution in [0.25, 0.3) is 5.95 Å². The number of nitrogens with one attached hydrogen (secondary N) is 2. The second-order valence-electron chi connectivity index (χ2n) is 4.70. The molecule has 0 saturated heterocycles. The molecule has 2 heterocycles. The van der Waals surface area contributed by atoms with Crippen molar-refractivity contribution >= 4 is 11.9 Å². The van der Waals surface area contributed by atoms with E-state index in [1.54, 1.807) is 30.3 Å². The fraction of sp³-hybridized carbons (Fsp3) is 0.500. The zero-order valence-corrected chi connectivity index (χ0v) is 11.8. The van der Waals surface area contributed by atoms with Crippen molar-refractivity contribution in [2.75, 3.05) is 24.3 Å². The van der Waals surface area contributed by atoms with Crippen LogP contribution in [-0.4, -0.2) is 48.8 Å². The number of anilines is 2. The van der Waals surface area contributed by atoms with E-state index in [9.17, 15) is 5.11 Å². The first-order valence-corrected chi connectivity index (χ1v) is 6.41. The summed E-state index contributed by atoms with van der Waals surface area (Å²) >= 11 is 0. The van der Waals surface area contributed by atoms with Gasteiger partial charge in [0.1, 0.15) is 6.33 Å². The molecule has 0 spiro atoms. The van der Waals surface area contributed by atoms with Crippen LogP contribution in [0.1, 0.15) is 20.3 Å². The van der Waals surface area contributed by atoms with Crippen molar-refractivity contribution in [3.05, 3.63) is 18.7 Å². The standard InChI is InChI=1S/C12H19N7O/c1-4-12(2,7-20)18-10-15-9(13-3)16-11(17-10)19-6-5-14-8-19/h5-6,8,20H,4,7H2,1-3H3,(H2,13,15,16,17,18). The largest absolute Gasteiger partial charge is 0.394 e. The highest BCUT2D eigenvalue weighted by Crippen LogP contribution is 2.16. The Bertz CT molecular complexity index is 551. The molecule has 1 atom stereocenters. The van der Waals surface area contributed by atoms with Gasteiger partial charge >= 0.3 is 0 Å². The molecule has 2 rings (SSSR count). The van der Waals surface area contributed by atoms with Gasteiger partial charge in [0.2, 0.25) is 17.8 Å². The van der Waals surface area contributed by atoms with Crippen molar-refractivity contribution < 1.29 is 5.11 Å². The maximum Gasteiger partial charge on any atom is 0.241 e. The van der Waals surface area contributed by atoms with Crippen molar-refractivity contribution in [2.24, 2.45) is 0 Å². The first-order chi connectivity index (χ1) is 9.60. The van der Waals surface area contributed by atoms with Crippen LogP contribution in [0.4, 0.5) is 11.9 Å². The van der Waals surface area contributed by atoms with E-state index < -0.39 is 5.54 Å².